The summed E-state index contributed by atoms with van der Waals surface area (Å²) >= 11 is 0. The lowest BCUT2D eigenvalue weighted by molar-refractivity contribution is -0.536. The van der Waals surface area contributed by atoms with Gasteiger partial charge < -0.3 is 4.74 Å². The van der Waals surface area contributed by atoms with Gasteiger partial charge in [-0.15, -0.1) is 0 Å². The molecule has 3 atom stereocenters. The Labute approximate surface area is 178 Å². The maximum Gasteiger partial charge on any atom is 0.333 e. The molecule has 0 bridgehead atoms. The molecule has 0 aliphatic carbocycles. The molecule has 3 unspecified atom stereocenters. The summed E-state index contributed by atoms with van der Waals surface area (Å²) < 4.78 is 7.60. The highest BCUT2D eigenvalue weighted by Gasteiger charge is 2.53. The van der Waals surface area contributed by atoms with Crippen LogP contribution < -0.4 is 0 Å². The molecule has 30 heavy (non-hydrogen) atoms. The van der Waals surface area contributed by atoms with Crippen LogP contribution >= 0.6 is 0 Å². The van der Waals surface area contributed by atoms with Crippen LogP contribution in [0, 0.1) is 11.8 Å². The third-order valence-electron chi connectivity index (χ3n) is 6.68. The van der Waals surface area contributed by atoms with Crippen LogP contribution in [0.3, 0.4) is 0 Å². The van der Waals surface area contributed by atoms with Crippen molar-refractivity contribution in [1.82, 2.24) is 19.6 Å². The Bertz CT molecular complexity index is 750. The minimum absolute atomic E-state index is 0.186. The molecular weight excluding hydrogens is 384 g/mol. The first kappa shape index (κ1) is 21.4. The number of urea groups is 1. The zero-order valence-electron chi connectivity index (χ0n) is 18.7. The van der Waals surface area contributed by atoms with Crippen molar-refractivity contribution in [2.45, 2.75) is 26.3 Å². The number of fused-ring (bicyclic) bond motifs is 1. The van der Waals surface area contributed by atoms with Gasteiger partial charge in [-0.25, -0.2) is 9.37 Å². The average molecular weight is 420 g/mol. The van der Waals surface area contributed by atoms with E-state index in [0.717, 1.165) is 58.3 Å². The Morgan fingerprint density at radius 3 is 2.37 bits per heavy atom. The van der Waals surface area contributed by atoms with Crippen LogP contribution in [0.4, 0.5) is 4.79 Å². The molecule has 0 N–H and O–H groups in total. The molecule has 166 valence electrons. The number of ether oxygens (including phenoxy) is 1. The predicted octanol–water partition coefficient (Wildman–Crippen LogP) is 0.0120. The second-order valence-electron chi connectivity index (χ2n) is 9.32. The maximum absolute atomic E-state index is 13.1. The number of carbonyl (C=O) groups is 2. The molecule has 4 aliphatic heterocycles. The Hall–Kier alpha value is -1.84. The van der Waals surface area contributed by atoms with Crippen LogP contribution in [-0.2, 0) is 9.53 Å². The number of morpholine rings is 1. The molecular formula is C21H35N6O3+. The molecule has 0 spiro atoms. The maximum atomic E-state index is 13.1. The molecule has 0 aromatic carbocycles. The molecule has 0 aromatic heterocycles. The molecule has 4 rings (SSSR count). The normalized spacial score (nSPS) is 31.5. The van der Waals surface area contributed by atoms with Crippen LogP contribution in [0.5, 0.6) is 0 Å². The molecule has 3 fully saturated rings. The fourth-order valence-corrected chi connectivity index (χ4v) is 5.23. The van der Waals surface area contributed by atoms with Crippen molar-refractivity contribution in [2.75, 3.05) is 73.1 Å². The molecule has 0 radical (unpaired) electrons. The van der Waals surface area contributed by atoms with E-state index in [2.05, 4.69) is 28.2 Å². The monoisotopic (exact) mass is 419 g/mol. The van der Waals surface area contributed by atoms with Gasteiger partial charge in [-0.2, -0.15) is 0 Å². The zero-order valence-corrected chi connectivity index (χ0v) is 18.7. The summed E-state index contributed by atoms with van der Waals surface area (Å²) in [6, 6.07) is -0.821. The number of aliphatic imine (C=N–C) groups is 1. The first-order chi connectivity index (χ1) is 14.3. The van der Waals surface area contributed by atoms with Gasteiger partial charge in [0.15, 0.2) is 0 Å². The summed E-state index contributed by atoms with van der Waals surface area (Å²) in [4.78, 5) is 37.9. The number of amides is 3. The van der Waals surface area contributed by atoms with E-state index in [1.165, 1.54) is 16.2 Å². The van der Waals surface area contributed by atoms with Crippen LogP contribution in [0.25, 0.3) is 0 Å². The first-order valence-electron chi connectivity index (χ1n) is 11.1. The van der Waals surface area contributed by atoms with E-state index in [4.69, 9.17) is 9.73 Å². The SMILES string of the molecule is CC1CC(C)CN(CC2=[N+](CCN3CCOCC3)C3C(=O)N(C)C(=O)N(C)C3=N2)C1. The molecule has 4 heterocycles. The van der Waals surface area contributed by atoms with Crippen molar-refractivity contribution < 1.29 is 18.9 Å². The molecule has 9 heteroatoms. The van der Waals surface area contributed by atoms with Crippen LogP contribution in [0.1, 0.15) is 20.3 Å². The third kappa shape index (κ3) is 4.15. The number of hydrogen-bond donors (Lipinski definition) is 0. The zero-order chi connectivity index (χ0) is 21.4. The number of rotatable bonds is 5. The lowest BCUT2D eigenvalue weighted by atomic mass is 9.92. The quantitative estimate of drug-likeness (QED) is 0.587. The van der Waals surface area contributed by atoms with Gasteiger partial charge in [0, 0.05) is 46.8 Å². The number of imide groups is 1. The summed E-state index contributed by atoms with van der Waals surface area (Å²) in [5.41, 5.74) is 0. The van der Waals surface area contributed by atoms with Crippen LogP contribution in [0.15, 0.2) is 4.99 Å². The average Bonchev–Trinajstić information content (AvgIpc) is 3.07. The van der Waals surface area contributed by atoms with Crippen molar-refractivity contribution in [2.24, 2.45) is 16.8 Å². The highest BCUT2D eigenvalue weighted by atomic mass is 16.5. The predicted molar refractivity (Wildman–Crippen MR) is 114 cm³/mol. The number of likely N-dealkylation sites (N-methyl/N-ethyl adjacent to an activating group) is 2. The van der Waals surface area contributed by atoms with Gasteiger partial charge in [0.2, 0.25) is 0 Å². The first-order valence-corrected chi connectivity index (χ1v) is 11.1. The van der Waals surface area contributed by atoms with Crippen LogP contribution in [-0.4, -0.2) is 127 Å². The van der Waals surface area contributed by atoms with E-state index in [1.54, 1.807) is 14.1 Å². The topological polar surface area (TPSA) is 71.7 Å². The number of amidine groups is 2. The van der Waals surface area contributed by atoms with Crippen molar-refractivity contribution >= 4 is 23.6 Å². The summed E-state index contributed by atoms with van der Waals surface area (Å²) in [5, 5.41) is 0. The van der Waals surface area contributed by atoms with Gasteiger partial charge >= 0.3 is 11.9 Å². The fraction of sp³-hybridized carbons (Fsp3) is 0.810. The Morgan fingerprint density at radius 1 is 1.03 bits per heavy atom. The Morgan fingerprint density at radius 2 is 1.70 bits per heavy atom. The van der Waals surface area contributed by atoms with Gasteiger partial charge in [-0.1, -0.05) is 13.8 Å². The second-order valence-corrected chi connectivity index (χ2v) is 9.32. The van der Waals surface area contributed by atoms with E-state index in [9.17, 15) is 9.59 Å². The minimum Gasteiger partial charge on any atom is -0.379 e. The second kappa shape index (κ2) is 8.72. The molecule has 0 aromatic rings. The molecule has 0 saturated carbocycles. The number of nitrogens with zero attached hydrogens (tertiary/aromatic N) is 6. The van der Waals surface area contributed by atoms with Gasteiger partial charge in [0.1, 0.15) is 6.54 Å². The van der Waals surface area contributed by atoms with Gasteiger partial charge in [-0.05, 0) is 23.2 Å². The summed E-state index contributed by atoms with van der Waals surface area (Å²) in [6.07, 6.45) is 1.25. The van der Waals surface area contributed by atoms with Gasteiger partial charge in [0.25, 0.3) is 17.8 Å². The molecule has 4 aliphatic rings. The molecule has 9 nitrogen and oxygen atoms in total. The Balaban J connectivity index is 1.58. The van der Waals surface area contributed by atoms with Gasteiger partial charge in [0.05, 0.1) is 19.8 Å². The highest BCUT2D eigenvalue weighted by molar-refractivity contribution is 6.23. The summed E-state index contributed by atoms with van der Waals surface area (Å²) in [6.45, 7) is 12.3. The lowest BCUT2D eigenvalue weighted by Crippen LogP contribution is -2.62. The fourth-order valence-electron chi connectivity index (χ4n) is 5.23. The van der Waals surface area contributed by atoms with E-state index >= 15 is 0 Å². The third-order valence-corrected chi connectivity index (χ3v) is 6.68. The van der Waals surface area contributed by atoms with Crippen molar-refractivity contribution in [3.05, 3.63) is 0 Å². The summed E-state index contributed by atoms with van der Waals surface area (Å²) in [5.74, 6) is 2.61. The highest BCUT2D eigenvalue weighted by Crippen LogP contribution is 2.23. The number of hydrogen-bond acceptors (Lipinski definition) is 6. The molecule has 3 saturated heterocycles. The number of piperidine rings is 1. The number of likely N-dealkylation sites (tertiary alicyclic amines) is 1. The van der Waals surface area contributed by atoms with Crippen molar-refractivity contribution in [3.8, 4) is 0 Å². The van der Waals surface area contributed by atoms with E-state index < -0.39 is 6.04 Å². The minimum atomic E-state index is -0.506. The van der Waals surface area contributed by atoms with Crippen LogP contribution in [0.2, 0.25) is 0 Å². The largest absolute Gasteiger partial charge is 0.379 e. The van der Waals surface area contributed by atoms with E-state index in [-0.39, 0.29) is 11.9 Å². The van der Waals surface area contributed by atoms with Crippen molar-refractivity contribution in [1.29, 1.82) is 0 Å². The Kier molecular flexibility index (Phi) is 6.22. The van der Waals surface area contributed by atoms with E-state index in [1.807, 2.05) is 0 Å². The van der Waals surface area contributed by atoms with Crippen molar-refractivity contribution in [3.63, 3.8) is 0 Å². The summed E-state index contributed by atoms with van der Waals surface area (Å²) in [7, 11) is 3.27. The lowest BCUT2D eigenvalue weighted by Gasteiger charge is -2.34. The van der Waals surface area contributed by atoms with Gasteiger partial charge in [-0.3, -0.25) is 24.4 Å². The standard InChI is InChI=1S/C21H35N6O3/c1-15-11-16(2)13-26(12-15)14-17-22-19-18(20(28)24(4)21(29)23(19)3)27(17)6-5-25-7-9-30-10-8-25/h15-16,18H,5-14H2,1-4H3/q+1. The number of carbonyl (C=O) groups excluding carboxylic acids is 2. The van der Waals surface area contributed by atoms with E-state index in [0.29, 0.717) is 24.2 Å². The smallest absolute Gasteiger partial charge is 0.333 e. The molecule has 3 amide bonds.